The first-order valence-electron chi connectivity index (χ1n) is 6.31. The SMILES string of the molecule is COc1cc2c[n+](C)c3ccc(O)cc3c2cc1OC.[Cl-]. The summed E-state index contributed by atoms with van der Waals surface area (Å²) in [6.07, 6.45) is 2.04. The highest BCUT2D eigenvalue weighted by atomic mass is 35.5. The summed E-state index contributed by atoms with van der Waals surface area (Å²) in [7, 11) is 5.22. The van der Waals surface area contributed by atoms with Gasteiger partial charge >= 0.3 is 0 Å². The summed E-state index contributed by atoms with van der Waals surface area (Å²) in [5, 5.41) is 12.8. The first-order chi connectivity index (χ1) is 9.63. The molecule has 0 aliphatic carbocycles. The van der Waals surface area contributed by atoms with Crippen LogP contribution in [-0.2, 0) is 7.05 Å². The van der Waals surface area contributed by atoms with Gasteiger partial charge in [0.05, 0.1) is 25.0 Å². The van der Waals surface area contributed by atoms with E-state index in [1.807, 2.05) is 36.0 Å². The van der Waals surface area contributed by atoms with Crippen LogP contribution in [0.5, 0.6) is 17.2 Å². The van der Waals surface area contributed by atoms with Gasteiger partial charge in [-0.25, -0.2) is 4.57 Å². The number of rotatable bonds is 2. The summed E-state index contributed by atoms with van der Waals surface area (Å²) >= 11 is 0. The number of aromatic nitrogens is 1. The second-order valence-corrected chi connectivity index (χ2v) is 4.74. The fourth-order valence-electron chi connectivity index (χ4n) is 2.56. The highest BCUT2D eigenvalue weighted by Gasteiger charge is 2.14. The molecular formula is C16H16ClNO3. The van der Waals surface area contributed by atoms with Crippen molar-refractivity contribution in [3.63, 3.8) is 0 Å². The summed E-state index contributed by atoms with van der Waals surface area (Å²) in [4.78, 5) is 0. The van der Waals surface area contributed by atoms with E-state index in [0.29, 0.717) is 11.5 Å². The Balaban J connectivity index is 0.00000161. The third kappa shape index (κ3) is 2.43. The Hall–Kier alpha value is -2.20. The zero-order chi connectivity index (χ0) is 14.3. The van der Waals surface area contributed by atoms with Crippen LogP contribution >= 0.6 is 0 Å². The van der Waals surface area contributed by atoms with E-state index in [1.54, 1.807) is 26.4 Å². The molecule has 0 radical (unpaired) electrons. The van der Waals surface area contributed by atoms with Crippen molar-refractivity contribution in [2.24, 2.45) is 7.05 Å². The molecule has 0 aliphatic heterocycles. The van der Waals surface area contributed by atoms with Crippen LogP contribution in [0.2, 0.25) is 0 Å². The number of aryl methyl sites for hydroxylation is 1. The summed E-state index contributed by atoms with van der Waals surface area (Å²) in [6, 6.07) is 9.24. The zero-order valence-electron chi connectivity index (χ0n) is 12.1. The standard InChI is InChI=1S/C16H15NO3.ClH/c1-17-9-10-6-15(19-2)16(20-3)8-12(10)13-7-11(18)4-5-14(13)17;/h4-9H,1-3H3;1H. The number of ether oxygens (including phenoxy) is 2. The summed E-state index contributed by atoms with van der Waals surface area (Å²) in [5.74, 6) is 1.62. The van der Waals surface area contributed by atoms with Crippen molar-refractivity contribution in [3.8, 4) is 17.2 Å². The second kappa shape index (κ2) is 5.66. The average molecular weight is 306 g/mol. The molecule has 0 atom stereocenters. The van der Waals surface area contributed by atoms with Gasteiger partial charge in [-0.3, -0.25) is 0 Å². The lowest BCUT2D eigenvalue weighted by atomic mass is 10.1. The van der Waals surface area contributed by atoms with Crippen molar-refractivity contribution in [2.45, 2.75) is 0 Å². The number of phenolic OH excluding ortho intramolecular Hbond substituents is 1. The van der Waals surface area contributed by atoms with Crippen LogP contribution in [0, 0.1) is 0 Å². The van der Waals surface area contributed by atoms with Gasteiger partial charge in [0.1, 0.15) is 12.8 Å². The summed E-state index contributed by atoms with van der Waals surface area (Å²) < 4.78 is 12.7. The molecule has 4 nitrogen and oxygen atoms in total. The van der Waals surface area contributed by atoms with Crippen LogP contribution in [0.25, 0.3) is 21.7 Å². The van der Waals surface area contributed by atoms with E-state index in [9.17, 15) is 5.11 Å². The van der Waals surface area contributed by atoms with Crippen molar-refractivity contribution in [1.82, 2.24) is 0 Å². The molecule has 0 saturated carbocycles. The number of methoxy groups -OCH3 is 2. The molecule has 110 valence electrons. The number of aromatic hydroxyl groups is 1. The number of hydrogen-bond acceptors (Lipinski definition) is 3. The molecule has 1 N–H and O–H groups in total. The molecule has 21 heavy (non-hydrogen) atoms. The number of hydrogen-bond donors (Lipinski definition) is 1. The van der Waals surface area contributed by atoms with Gasteiger partial charge in [-0.05, 0) is 24.3 Å². The number of nitrogens with zero attached hydrogens (tertiary/aromatic N) is 1. The third-order valence-corrected chi connectivity index (χ3v) is 3.54. The molecule has 1 aromatic heterocycles. The van der Waals surface area contributed by atoms with Crippen LogP contribution in [-0.4, -0.2) is 19.3 Å². The Kier molecular flexibility index (Phi) is 4.09. The first kappa shape index (κ1) is 15.2. The van der Waals surface area contributed by atoms with Crippen LogP contribution in [0.15, 0.2) is 36.5 Å². The first-order valence-corrected chi connectivity index (χ1v) is 6.31. The van der Waals surface area contributed by atoms with E-state index >= 15 is 0 Å². The highest BCUT2D eigenvalue weighted by Crippen LogP contribution is 2.35. The molecular weight excluding hydrogens is 290 g/mol. The summed E-state index contributed by atoms with van der Waals surface area (Å²) in [5.41, 5.74) is 1.04. The second-order valence-electron chi connectivity index (χ2n) is 4.74. The van der Waals surface area contributed by atoms with E-state index in [-0.39, 0.29) is 18.2 Å². The van der Waals surface area contributed by atoms with Gasteiger partial charge in [0, 0.05) is 11.5 Å². The van der Waals surface area contributed by atoms with Crippen molar-refractivity contribution in [2.75, 3.05) is 14.2 Å². The van der Waals surface area contributed by atoms with E-state index in [2.05, 4.69) is 0 Å². The molecule has 0 fully saturated rings. The number of halogens is 1. The normalized spacial score (nSPS) is 10.4. The Labute approximate surface area is 128 Å². The van der Waals surface area contributed by atoms with Gasteiger partial charge in [0.15, 0.2) is 17.7 Å². The smallest absolute Gasteiger partial charge is 0.213 e. The van der Waals surface area contributed by atoms with Gasteiger partial charge in [-0.15, -0.1) is 0 Å². The third-order valence-electron chi connectivity index (χ3n) is 3.54. The van der Waals surface area contributed by atoms with Crippen molar-refractivity contribution < 1.29 is 31.6 Å². The maximum absolute atomic E-state index is 9.74. The fraction of sp³-hybridized carbons (Fsp3) is 0.188. The fourth-order valence-corrected chi connectivity index (χ4v) is 2.56. The topological polar surface area (TPSA) is 42.6 Å². The minimum atomic E-state index is 0. The monoisotopic (exact) mass is 305 g/mol. The number of fused-ring (bicyclic) bond motifs is 3. The molecule has 0 saturated heterocycles. The Morgan fingerprint density at radius 2 is 1.62 bits per heavy atom. The predicted octanol–water partition coefficient (Wildman–Crippen LogP) is -0.456. The molecule has 5 heteroatoms. The quantitative estimate of drug-likeness (QED) is 0.515. The van der Waals surface area contributed by atoms with Crippen LogP contribution in [0.1, 0.15) is 0 Å². The molecule has 0 bridgehead atoms. The lowest BCUT2D eigenvalue weighted by molar-refractivity contribution is -0.643. The molecule has 0 amide bonds. The lowest BCUT2D eigenvalue weighted by Crippen LogP contribution is -3.00. The molecule has 2 aromatic carbocycles. The maximum Gasteiger partial charge on any atom is 0.213 e. The van der Waals surface area contributed by atoms with Gasteiger partial charge in [-0.1, -0.05) is 0 Å². The van der Waals surface area contributed by atoms with Gasteiger partial charge in [0.2, 0.25) is 5.52 Å². The number of phenols is 1. The Morgan fingerprint density at radius 1 is 0.952 bits per heavy atom. The molecule has 1 heterocycles. The molecule has 0 spiro atoms. The molecule has 0 unspecified atom stereocenters. The molecule has 3 rings (SSSR count). The van der Waals surface area contributed by atoms with Crippen LogP contribution in [0.3, 0.4) is 0 Å². The largest absolute Gasteiger partial charge is 1.00 e. The van der Waals surface area contributed by atoms with Gasteiger partial charge in [-0.2, -0.15) is 0 Å². The Morgan fingerprint density at radius 3 is 2.29 bits per heavy atom. The van der Waals surface area contributed by atoms with Crippen molar-refractivity contribution >= 4 is 21.7 Å². The van der Waals surface area contributed by atoms with Gasteiger partial charge in [0.25, 0.3) is 0 Å². The van der Waals surface area contributed by atoms with E-state index in [4.69, 9.17) is 9.47 Å². The molecule has 0 aliphatic rings. The minimum absolute atomic E-state index is 0. The highest BCUT2D eigenvalue weighted by molar-refractivity contribution is 6.05. The minimum Gasteiger partial charge on any atom is -1.00 e. The average Bonchev–Trinajstić information content (AvgIpc) is 2.46. The van der Waals surface area contributed by atoms with E-state index in [0.717, 1.165) is 21.7 Å². The summed E-state index contributed by atoms with van der Waals surface area (Å²) in [6.45, 7) is 0. The van der Waals surface area contributed by atoms with Crippen LogP contribution in [0.4, 0.5) is 0 Å². The molecule has 3 aromatic rings. The Bertz CT molecular complexity index is 818. The number of pyridine rings is 1. The predicted molar refractivity (Wildman–Crippen MR) is 77.4 cm³/mol. The van der Waals surface area contributed by atoms with Crippen molar-refractivity contribution in [3.05, 3.63) is 36.5 Å². The van der Waals surface area contributed by atoms with E-state index < -0.39 is 0 Å². The van der Waals surface area contributed by atoms with Crippen molar-refractivity contribution in [1.29, 1.82) is 0 Å². The lowest BCUT2D eigenvalue weighted by Gasteiger charge is -2.10. The van der Waals surface area contributed by atoms with E-state index in [1.165, 1.54) is 0 Å². The van der Waals surface area contributed by atoms with Crippen LogP contribution < -0.4 is 26.4 Å². The number of benzene rings is 2. The van der Waals surface area contributed by atoms with Gasteiger partial charge < -0.3 is 27.0 Å². The maximum atomic E-state index is 9.74. The zero-order valence-corrected chi connectivity index (χ0v) is 12.8.